The lowest BCUT2D eigenvalue weighted by Crippen LogP contribution is -2.08. The highest BCUT2D eigenvalue weighted by Crippen LogP contribution is 2.34. The van der Waals surface area contributed by atoms with Crippen molar-refractivity contribution in [3.8, 4) is 5.75 Å². The molecule has 0 heterocycles. The summed E-state index contributed by atoms with van der Waals surface area (Å²) < 4.78 is 10.8. The van der Waals surface area contributed by atoms with Crippen molar-refractivity contribution in [2.75, 3.05) is 26.4 Å². The Morgan fingerprint density at radius 3 is 2.36 bits per heavy atom. The molecule has 7 heteroatoms. The van der Waals surface area contributed by atoms with E-state index in [1.165, 1.54) is 0 Å². The van der Waals surface area contributed by atoms with Crippen LogP contribution in [0.2, 0.25) is 10.0 Å². The Kier molecular flexibility index (Phi) is 9.24. The summed E-state index contributed by atoms with van der Waals surface area (Å²) in [7, 11) is 0. The summed E-state index contributed by atoms with van der Waals surface area (Å²) in [5.74, 6) is -0.493. The summed E-state index contributed by atoms with van der Waals surface area (Å²) in [6, 6.07) is 3.32. The van der Waals surface area contributed by atoms with Gasteiger partial charge < -0.3 is 19.7 Å². The average Bonchev–Trinajstić information content (AvgIpc) is 2.46. The first-order valence-electron chi connectivity index (χ1n) is 7.05. The van der Waals surface area contributed by atoms with E-state index < -0.39 is 5.97 Å². The normalized spacial score (nSPS) is 10.7. The van der Waals surface area contributed by atoms with Gasteiger partial charge in [-0.3, -0.25) is 4.79 Å². The summed E-state index contributed by atoms with van der Waals surface area (Å²) in [6.45, 7) is 1.45. The summed E-state index contributed by atoms with van der Waals surface area (Å²) in [5.41, 5.74) is 0.755. The molecular weight excluding hydrogens is 331 g/mol. The molecule has 0 aliphatic carbocycles. The van der Waals surface area contributed by atoms with Crippen molar-refractivity contribution < 1.29 is 24.5 Å². The zero-order valence-corrected chi connectivity index (χ0v) is 13.7. The largest absolute Gasteiger partial charge is 0.488 e. The number of hydrogen-bond donors (Lipinski definition) is 2. The highest BCUT2D eigenvalue weighted by molar-refractivity contribution is 6.37. The Bertz CT molecular complexity index is 456. The van der Waals surface area contributed by atoms with Gasteiger partial charge in [0.25, 0.3) is 0 Å². The van der Waals surface area contributed by atoms with Crippen LogP contribution in [0.25, 0.3) is 0 Å². The van der Waals surface area contributed by atoms with Crippen LogP contribution in [0.1, 0.15) is 24.8 Å². The Balaban J connectivity index is 2.42. The van der Waals surface area contributed by atoms with Crippen molar-refractivity contribution >= 4 is 29.2 Å². The van der Waals surface area contributed by atoms with Gasteiger partial charge in [-0.1, -0.05) is 23.2 Å². The van der Waals surface area contributed by atoms with Crippen LogP contribution in [0.5, 0.6) is 5.75 Å². The quantitative estimate of drug-likeness (QED) is 0.599. The van der Waals surface area contributed by atoms with Crippen molar-refractivity contribution in [3.05, 3.63) is 27.7 Å². The summed E-state index contributed by atoms with van der Waals surface area (Å²) in [4.78, 5) is 10.6. The zero-order chi connectivity index (χ0) is 16.4. The minimum Gasteiger partial charge on any atom is -0.488 e. The van der Waals surface area contributed by atoms with Crippen molar-refractivity contribution in [2.45, 2.75) is 25.7 Å². The van der Waals surface area contributed by atoms with Crippen molar-refractivity contribution in [1.82, 2.24) is 0 Å². The first-order chi connectivity index (χ1) is 10.5. The van der Waals surface area contributed by atoms with Gasteiger partial charge in [-0.15, -0.1) is 0 Å². The Hall–Kier alpha value is -1.01. The fraction of sp³-hybridized carbons (Fsp3) is 0.533. The molecule has 0 saturated carbocycles. The Labute approximate surface area is 139 Å². The number of hydrogen-bond acceptors (Lipinski definition) is 4. The van der Waals surface area contributed by atoms with Crippen LogP contribution >= 0.6 is 23.2 Å². The molecule has 0 saturated heterocycles. The molecule has 1 aromatic rings. The van der Waals surface area contributed by atoms with E-state index in [0.29, 0.717) is 42.0 Å². The molecule has 0 aliphatic rings. The smallest absolute Gasteiger partial charge is 0.303 e. The SMILES string of the molecule is O=C(O)CCc1cc(Cl)c(OCCOCCCCO)c(Cl)c1. The van der Waals surface area contributed by atoms with Crippen LogP contribution < -0.4 is 4.74 Å². The molecule has 0 unspecified atom stereocenters. The molecule has 0 amide bonds. The standard InChI is InChI=1S/C15H20Cl2O5/c16-12-9-11(3-4-14(19)20)10-13(17)15(12)22-8-7-21-6-2-1-5-18/h9-10,18H,1-8H2,(H,19,20). The fourth-order valence-electron chi connectivity index (χ4n) is 1.77. The van der Waals surface area contributed by atoms with Crippen LogP contribution in [0.15, 0.2) is 12.1 Å². The van der Waals surface area contributed by atoms with Gasteiger partial charge in [-0.25, -0.2) is 0 Å². The van der Waals surface area contributed by atoms with Gasteiger partial charge in [0.2, 0.25) is 0 Å². The molecule has 0 aromatic heterocycles. The van der Waals surface area contributed by atoms with E-state index in [9.17, 15) is 4.79 Å². The second kappa shape index (κ2) is 10.7. The fourth-order valence-corrected chi connectivity index (χ4v) is 2.41. The van der Waals surface area contributed by atoms with Crippen LogP contribution in [0.4, 0.5) is 0 Å². The van der Waals surface area contributed by atoms with Gasteiger partial charge in [0.05, 0.1) is 16.7 Å². The monoisotopic (exact) mass is 350 g/mol. The minimum absolute atomic E-state index is 0.0224. The van der Waals surface area contributed by atoms with E-state index in [1.807, 2.05) is 0 Å². The van der Waals surface area contributed by atoms with E-state index in [2.05, 4.69) is 0 Å². The maximum Gasteiger partial charge on any atom is 0.303 e. The van der Waals surface area contributed by atoms with Crippen molar-refractivity contribution in [2.24, 2.45) is 0 Å². The van der Waals surface area contributed by atoms with E-state index in [1.54, 1.807) is 12.1 Å². The third-order valence-electron chi connectivity index (χ3n) is 2.86. The molecule has 0 radical (unpaired) electrons. The topological polar surface area (TPSA) is 76.0 Å². The predicted octanol–water partition coefficient (Wildman–Crippen LogP) is 3.18. The molecule has 5 nitrogen and oxygen atoms in total. The number of rotatable bonds is 11. The van der Waals surface area contributed by atoms with Gasteiger partial charge in [-0.05, 0) is 37.0 Å². The first-order valence-corrected chi connectivity index (χ1v) is 7.81. The molecule has 0 aliphatic heterocycles. The number of aliphatic carboxylic acids is 1. The van der Waals surface area contributed by atoms with E-state index >= 15 is 0 Å². The number of benzene rings is 1. The number of carboxylic acid groups (broad SMARTS) is 1. The second-order valence-corrected chi connectivity index (χ2v) is 5.49. The maximum absolute atomic E-state index is 10.6. The molecule has 2 N–H and O–H groups in total. The third-order valence-corrected chi connectivity index (χ3v) is 3.42. The highest BCUT2D eigenvalue weighted by Gasteiger charge is 2.10. The third kappa shape index (κ3) is 7.31. The van der Waals surface area contributed by atoms with Gasteiger partial charge >= 0.3 is 5.97 Å². The minimum atomic E-state index is -0.870. The van der Waals surface area contributed by atoms with Crippen molar-refractivity contribution in [1.29, 1.82) is 0 Å². The number of ether oxygens (including phenoxy) is 2. The van der Waals surface area contributed by atoms with E-state index in [-0.39, 0.29) is 13.0 Å². The van der Waals surface area contributed by atoms with Crippen LogP contribution in [-0.2, 0) is 16.0 Å². The summed E-state index contributed by atoms with van der Waals surface area (Å²) in [6.07, 6.45) is 1.91. The highest BCUT2D eigenvalue weighted by atomic mass is 35.5. The maximum atomic E-state index is 10.6. The van der Waals surface area contributed by atoms with Gasteiger partial charge in [-0.2, -0.15) is 0 Å². The zero-order valence-electron chi connectivity index (χ0n) is 12.2. The summed E-state index contributed by atoms with van der Waals surface area (Å²) in [5, 5.41) is 18.0. The molecule has 0 bridgehead atoms. The second-order valence-electron chi connectivity index (χ2n) is 4.67. The predicted molar refractivity (Wildman–Crippen MR) is 85.1 cm³/mol. The van der Waals surface area contributed by atoms with E-state index in [0.717, 1.165) is 18.4 Å². The molecule has 1 aromatic carbocycles. The number of halogens is 2. The average molecular weight is 351 g/mol. The van der Waals surface area contributed by atoms with Crippen LogP contribution in [0.3, 0.4) is 0 Å². The number of aliphatic hydroxyl groups is 1. The molecule has 0 fully saturated rings. The van der Waals surface area contributed by atoms with Gasteiger partial charge in [0, 0.05) is 19.6 Å². The molecular formula is C15H20Cl2O5. The molecule has 22 heavy (non-hydrogen) atoms. The van der Waals surface area contributed by atoms with Crippen LogP contribution in [-0.4, -0.2) is 42.6 Å². The first kappa shape index (κ1) is 19.0. The number of carboxylic acids is 1. The van der Waals surface area contributed by atoms with Gasteiger partial charge in [0.1, 0.15) is 6.61 Å². The lowest BCUT2D eigenvalue weighted by atomic mass is 10.1. The lowest BCUT2D eigenvalue weighted by molar-refractivity contribution is -0.136. The Morgan fingerprint density at radius 2 is 1.77 bits per heavy atom. The Morgan fingerprint density at radius 1 is 1.09 bits per heavy atom. The van der Waals surface area contributed by atoms with Crippen molar-refractivity contribution in [3.63, 3.8) is 0 Å². The molecule has 1 rings (SSSR count). The number of aryl methyl sites for hydroxylation is 1. The lowest BCUT2D eigenvalue weighted by Gasteiger charge is -2.12. The van der Waals surface area contributed by atoms with E-state index in [4.69, 9.17) is 42.9 Å². The molecule has 0 atom stereocenters. The summed E-state index contributed by atoms with van der Waals surface area (Å²) >= 11 is 12.2. The number of unbranched alkanes of at least 4 members (excludes halogenated alkanes) is 1. The van der Waals surface area contributed by atoms with Crippen LogP contribution in [0, 0.1) is 0 Å². The van der Waals surface area contributed by atoms with Gasteiger partial charge in [0.15, 0.2) is 5.75 Å². The number of carbonyl (C=O) groups is 1. The molecule has 124 valence electrons. The number of aliphatic hydroxyl groups excluding tert-OH is 1. The molecule has 0 spiro atoms.